The summed E-state index contributed by atoms with van der Waals surface area (Å²) in [5.41, 5.74) is 5.30. The molecule has 1 aliphatic rings. The highest BCUT2D eigenvalue weighted by molar-refractivity contribution is 7.15. The number of nitrogen functional groups attached to an aromatic ring is 1. The summed E-state index contributed by atoms with van der Waals surface area (Å²) in [6.07, 6.45) is 2.11. The van der Waals surface area contributed by atoms with E-state index in [1.165, 1.54) is 23.5 Å². The first kappa shape index (κ1) is 14.4. The Morgan fingerprint density at radius 3 is 2.90 bits per heavy atom. The zero-order valence-corrected chi connectivity index (χ0v) is 12.6. The van der Waals surface area contributed by atoms with Crippen LogP contribution in [0.5, 0.6) is 0 Å². The van der Waals surface area contributed by atoms with E-state index in [-0.39, 0.29) is 12.4 Å². The van der Waals surface area contributed by atoms with Crippen molar-refractivity contribution in [1.29, 1.82) is 0 Å². The van der Waals surface area contributed by atoms with Gasteiger partial charge in [0.05, 0.1) is 0 Å². The van der Waals surface area contributed by atoms with E-state index >= 15 is 4.39 Å². The van der Waals surface area contributed by atoms with Crippen molar-refractivity contribution in [3.63, 3.8) is 0 Å². The number of anilines is 1. The van der Waals surface area contributed by atoms with Crippen molar-refractivity contribution in [1.82, 2.24) is 9.88 Å². The second-order valence-corrected chi connectivity index (χ2v) is 6.75. The fraction of sp³-hybridized carbons (Fsp3) is 0.400. The van der Waals surface area contributed by atoms with Crippen LogP contribution in [0.25, 0.3) is 0 Å². The van der Waals surface area contributed by atoms with E-state index in [0.29, 0.717) is 30.2 Å². The van der Waals surface area contributed by atoms with Crippen molar-refractivity contribution >= 4 is 16.5 Å². The molecular formula is C15H17F2N3S. The largest absolute Gasteiger partial charge is 0.375 e. The Kier molecular flexibility index (Phi) is 3.67. The van der Waals surface area contributed by atoms with E-state index in [2.05, 4.69) is 4.98 Å². The Morgan fingerprint density at radius 2 is 2.24 bits per heavy atom. The summed E-state index contributed by atoms with van der Waals surface area (Å²) in [4.78, 5) is 7.04. The Morgan fingerprint density at radius 1 is 1.43 bits per heavy atom. The summed E-state index contributed by atoms with van der Waals surface area (Å²) in [7, 11) is 0. The first-order chi connectivity index (χ1) is 9.94. The minimum absolute atomic E-state index is 0.272. The normalized spacial score (nSPS) is 22.8. The lowest BCUT2D eigenvalue weighted by Crippen LogP contribution is -2.26. The van der Waals surface area contributed by atoms with Crippen LogP contribution in [-0.2, 0) is 12.2 Å². The topological polar surface area (TPSA) is 42.2 Å². The molecule has 6 heteroatoms. The van der Waals surface area contributed by atoms with Crippen LogP contribution >= 0.6 is 11.3 Å². The van der Waals surface area contributed by atoms with Crippen molar-refractivity contribution in [2.24, 2.45) is 0 Å². The fourth-order valence-corrected chi connectivity index (χ4v) is 3.56. The molecule has 0 bridgehead atoms. The number of aryl methyl sites for hydroxylation is 1. The highest BCUT2D eigenvalue weighted by Gasteiger charge is 2.40. The first-order valence-corrected chi connectivity index (χ1v) is 7.65. The van der Waals surface area contributed by atoms with Crippen LogP contribution in [-0.4, -0.2) is 23.0 Å². The molecule has 3 rings (SSSR count). The summed E-state index contributed by atoms with van der Waals surface area (Å²) in [5.74, 6) is -0.379. The number of alkyl halides is 1. The lowest BCUT2D eigenvalue weighted by atomic mass is 9.93. The molecule has 0 radical (unpaired) electrons. The molecule has 3 nitrogen and oxygen atoms in total. The minimum atomic E-state index is -1.48. The summed E-state index contributed by atoms with van der Waals surface area (Å²) < 4.78 is 28.6. The Bertz CT molecular complexity index is 638. The molecule has 0 spiro atoms. The van der Waals surface area contributed by atoms with Crippen LogP contribution < -0.4 is 5.73 Å². The van der Waals surface area contributed by atoms with Gasteiger partial charge in [-0.3, -0.25) is 4.90 Å². The molecule has 0 amide bonds. The number of halogens is 2. The average molecular weight is 309 g/mol. The summed E-state index contributed by atoms with van der Waals surface area (Å²) in [6.45, 7) is 3.33. The predicted octanol–water partition coefficient (Wildman–Crippen LogP) is 3.24. The second-order valence-electron chi connectivity index (χ2n) is 5.61. The van der Waals surface area contributed by atoms with Crippen LogP contribution in [0.1, 0.15) is 22.4 Å². The highest BCUT2D eigenvalue weighted by Crippen LogP contribution is 2.37. The van der Waals surface area contributed by atoms with Crippen molar-refractivity contribution in [2.45, 2.75) is 25.6 Å². The molecule has 1 aromatic carbocycles. The molecule has 2 aromatic rings. The van der Waals surface area contributed by atoms with Crippen LogP contribution in [0.2, 0.25) is 0 Å². The van der Waals surface area contributed by atoms with E-state index in [1.54, 1.807) is 19.2 Å². The van der Waals surface area contributed by atoms with Gasteiger partial charge in [-0.1, -0.05) is 6.07 Å². The Labute approximate surface area is 126 Å². The van der Waals surface area contributed by atoms with E-state index in [0.717, 1.165) is 10.4 Å². The number of aromatic nitrogens is 1. The first-order valence-electron chi connectivity index (χ1n) is 6.84. The molecule has 2 heterocycles. The van der Waals surface area contributed by atoms with E-state index in [4.69, 9.17) is 5.73 Å². The number of rotatable bonds is 3. The molecule has 1 atom stereocenters. The Balaban J connectivity index is 1.75. The molecule has 1 unspecified atom stereocenters. The van der Waals surface area contributed by atoms with Gasteiger partial charge in [0.2, 0.25) is 0 Å². The number of thiazole rings is 1. The van der Waals surface area contributed by atoms with Crippen molar-refractivity contribution in [2.75, 3.05) is 18.8 Å². The van der Waals surface area contributed by atoms with Gasteiger partial charge in [-0.15, -0.1) is 11.3 Å². The number of hydrogen-bond donors (Lipinski definition) is 1. The van der Waals surface area contributed by atoms with E-state index in [1.807, 2.05) is 4.90 Å². The molecular weight excluding hydrogens is 292 g/mol. The Hall–Kier alpha value is -1.53. The maximum absolute atomic E-state index is 15.1. The van der Waals surface area contributed by atoms with Gasteiger partial charge >= 0.3 is 0 Å². The molecule has 1 fully saturated rings. The maximum Gasteiger partial charge on any atom is 0.180 e. The lowest BCUT2D eigenvalue weighted by molar-refractivity contribution is 0.164. The monoisotopic (exact) mass is 309 g/mol. The van der Waals surface area contributed by atoms with Gasteiger partial charge < -0.3 is 5.73 Å². The van der Waals surface area contributed by atoms with Crippen LogP contribution in [0, 0.1) is 12.7 Å². The van der Waals surface area contributed by atoms with Gasteiger partial charge in [0, 0.05) is 30.7 Å². The zero-order chi connectivity index (χ0) is 15.0. The third kappa shape index (κ3) is 3.06. The number of nitrogens with zero attached hydrogens (tertiary/aromatic N) is 2. The maximum atomic E-state index is 15.1. The summed E-state index contributed by atoms with van der Waals surface area (Å²) in [6, 6.07) is 4.46. The second kappa shape index (κ2) is 5.35. The van der Waals surface area contributed by atoms with Gasteiger partial charge in [0.1, 0.15) is 11.5 Å². The minimum Gasteiger partial charge on any atom is -0.375 e. The number of hydrogen-bond acceptors (Lipinski definition) is 4. The van der Waals surface area contributed by atoms with Crippen molar-refractivity contribution in [3.8, 4) is 0 Å². The van der Waals surface area contributed by atoms with Crippen LogP contribution in [0.3, 0.4) is 0 Å². The molecule has 1 aliphatic heterocycles. The van der Waals surface area contributed by atoms with Gasteiger partial charge in [-0.05, 0) is 36.6 Å². The summed E-state index contributed by atoms with van der Waals surface area (Å²) in [5, 5.41) is 0.525. The molecule has 0 aliphatic carbocycles. The van der Waals surface area contributed by atoms with Gasteiger partial charge in [-0.25, -0.2) is 13.8 Å². The van der Waals surface area contributed by atoms with Gasteiger partial charge in [0.15, 0.2) is 5.13 Å². The standard InChI is InChI=1S/C15H17F2N3S/c1-10-4-11(6-12(16)5-10)15(17)2-3-20(9-15)8-13-7-19-14(18)21-13/h4-7H,2-3,8-9H2,1H3,(H2,18,19). The smallest absolute Gasteiger partial charge is 0.180 e. The number of likely N-dealkylation sites (tertiary alicyclic amines) is 1. The predicted molar refractivity (Wildman–Crippen MR) is 80.3 cm³/mol. The van der Waals surface area contributed by atoms with Crippen LogP contribution in [0.15, 0.2) is 24.4 Å². The molecule has 2 N–H and O–H groups in total. The zero-order valence-electron chi connectivity index (χ0n) is 11.8. The molecule has 1 saturated heterocycles. The number of benzene rings is 1. The van der Waals surface area contributed by atoms with Gasteiger partial charge in [-0.2, -0.15) is 0 Å². The van der Waals surface area contributed by atoms with Crippen LogP contribution in [0.4, 0.5) is 13.9 Å². The van der Waals surface area contributed by atoms with Crippen molar-refractivity contribution in [3.05, 3.63) is 46.2 Å². The quantitative estimate of drug-likeness (QED) is 0.946. The third-order valence-electron chi connectivity index (χ3n) is 3.81. The fourth-order valence-electron chi connectivity index (χ4n) is 2.83. The SMILES string of the molecule is Cc1cc(F)cc(C2(F)CCN(Cc3cnc(N)s3)C2)c1. The average Bonchev–Trinajstić information content (AvgIpc) is 2.96. The van der Waals surface area contributed by atoms with E-state index < -0.39 is 5.67 Å². The lowest BCUT2D eigenvalue weighted by Gasteiger charge is -2.21. The summed E-state index contributed by atoms with van der Waals surface area (Å²) >= 11 is 1.42. The number of nitrogens with two attached hydrogens (primary N) is 1. The third-order valence-corrected chi connectivity index (χ3v) is 4.62. The van der Waals surface area contributed by atoms with Crippen molar-refractivity contribution < 1.29 is 8.78 Å². The molecule has 112 valence electrons. The van der Waals surface area contributed by atoms with Gasteiger partial charge in [0.25, 0.3) is 0 Å². The highest BCUT2D eigenvalue weighted by atomic mass is 32.1. The molecule has 0 saturated carbocycles. The molecule has 21 heavy (non-hydrogen) atoms. The molecule has 1 aromatic heterocycles. The van der Waals surface area contributed by atoms with E-state index in [9.17, 15) is 4.39 Å².